The summed E-state index contributed by atoms with van der Waals surface area (Å²) >= 11 is 0. The molecule has 0 saturated heterocycles. The Hall–Kier alpha value is -1.10. The first-order valence-electron chi connectivity index (χ1n) is 6.08. The number of nitrogens with one attached hydrogen (secondary N) is 1. The minimum atomic E-state index is -0.186. The van der Waals surface area contributed by atoms with E-state index in [4.69, 9.17) is 0 Å². The van der Waals surface area contributed by atoms with Gasteiger partial charge in [-0.15, -0.1) is 0 Å². The van der Waals surface area contributed by atoms with Gasteiger partial charge in [0.25, 0.3) is 0 Å². The SMILES string of the molecule is CCN(C)C(=O)C(C)NCCCC(=O)N(C)C. The molecule has 0 aromatic heterocycles. The molecular formula is C12H25N3O2. The van der Waals surface area contributed by atoms with Crippen molar-refractivity contribution in [2.75, 3.05) is 34.2 Å². The number of rotatable bonds is 7. The normalized spacial score (nSPS) is 12.1. The van der Waals surface area contributed by atoms with Gasteiger partial charge in [0.1, 0.15) is 0 Å². The second-order valence-corrected chi connectivity index (χ2v) is 4.42. The van der Waals surface area contributed by atoms with Gasteiger partial charge < -0.3 is 15.1 Å². The molecule has 1 N–H and O–H groups in total. The molecule has 0 aliphatic carbocycles. The smallest absolute Gasteiger partial charge is 0.239 e. The number of likely N-dealkylation sites (N-methyl/N-ethyl adjacent to an activating group) is 1. The molecular weight excluding hydrogens is 218 g/mol. The fourth-order valence-corrected chi connectivity index (χ4v) is 1.36. The van der Waals surface area contributed by atoms with E-state index < -0.39 is 0 Å². The Morgan fingerprint density at radius 1 is 1.24 bits per heavy atom. The molecule has 2 amide bonds. The van der Waals surface area contributed by atoms with Gasteiger partial charge in [0.05, 0.1) is 6.04 Å². The molecule has 1 atom stereocenters. The maximum Gasteiger partial charge on any atom is 0.239 e. The Bertz CT molecular complexity index is 254. The fourth-order valence-electron chi connectivity index (χ4n) is 1.36. The van der Waals surface area contributed by atoms with Crippen LogP contribution in [0.1, 0.15) is 26.7 Å². The molecule has 0 fully saturated rings. The number of hydrogen-bond acceptors (Lipinski definition) is 3. The highest BCUT2D eigenvalue weighted by molar-refractivity contribution is 5.81. The van der Waals surface area contributed by atoms with Crippen molar-refractivity contribution in [3.05, 3.63) is 0 Å². The van der Waals surface area contributed by atoms with E-state index >= 15 is 0 Å². The molecule has 0 spiro atoms. The summed E-state index contributed by atoms with van der Waals surface area (Å²) in [5.74, 6) is 0.211. The Balaban J connectivity index is 3.75. The van der Waals surface area contributed by atoms with E-state index in [2.05, 4.69) is 5.32 Å². The maximum atomic E-state index is 11.7. The summed E-state index contributed by atoms with van der Waals surface area (Å²) in [6.45, 7) is 5.19. The summed E-state index contributed by atoms with van der Waals surface area (Å²) < 4.78 is 0. The van der Waals surface area contributed by atoms with Crippen molar-refractivity contribution in [3.8, 4) is 0 Å². The third-order valence-electron chi connectivity index (χ3n) is 2.74. The summed E-state index contributed by atoms with van der Waals surface area (Å²) in [7, 11) is 5.28. The van der Waals surface area contributed by atoms with Gasteiger partial charge >= 0.3 is 0 Å². The molecule has 5 heteroatoms. The summed E-state index contributed by atoms with van der Waals surface area (Å²) in [5, 5.41) is 3.13. The van der Waals surface area contributed by atoms with Crippen molar-refractivity contribution in [1.29, 1.82) is 0 Å². The summed E-state index contributed by atoms with van der Waals surface area (Å²) in [6, 6.07) is -0.186. The lowest BCUT2D eigenvalue weighted by molar-refractivity contribution is -0.131. The molecule has 100 valence electrons. The highest BCUT2D eigenvalue weighted by Crippen LogP contribution is 1.95. The van der Waals surface area contributed by atoms with Crippen molar-refractivity contribution in [2.24, 2.45) is 0 Å². The lowest BCUT2D eigenvalue weighted by Crippen LogP contribution is -2.43. The first-order valence-corrected chi connectivity index (χ1v) is 6.08. The van der Waals surface area contributed by atoms with Crippen LogP contribution in [0.3, 0.4) is 0 Å². The van der Waals surface area contributed by atoms with Crippen molar-refractivity contribution < 1.29 is 9.59 Å². The highest BCUT2D eigenvalue weighted by Gasteiger charge is 2.15. The zero-order valence-corrected chi connectivity index (χ0v) is 11.6. The Labute approximate surface area is 104 Å². The predicted molar refractivity (Wildman–Crippen MR) is 68.7 cm³/mol. The Morgan fingerprint density at radius 2 is 1.82 bits per heavy atom. The van der Waals surface area contributed by atoms with E-state index in [1.165, 1.54) is 0 Å². The minimum Gasteiger partial charge on any atom is -0.349 e. The lowest BCUT2D eigenvalue weighted by Gasteiger charge is -2.20. The van der Waals surface area contributed by atoms with Gasteiger partial charge in [-0.1, -0.05) is 0 Å². The van der Waals surface area contributed by atoms with E-state index in [1.54, 1.807) is 30.9 Å². The van der Waals surface area contributed by atoms with E-state index in [-0.39, 0.29) is 17.9 Å². The minimum absolute atomic E-state index is 0.0893. The van der Waals surface area contributed by atoms with Gasteiger partial charge in [-0.25, -0.2) is 0 Å². The maximum absolute atomic E-state index is 11.7. The van der Waals surface area contributed by atoms with E-state index in [0.29, 0.717) is 19.5 Å². The van der Waals surface area contributed by atoms with E-state index in [0.717, 1.165) is 6.42 Å². The van der Waals surface area contributed by atoms with Crippen LogP contribution >= 0.6 is 0 Å². The van der Waals surface area contributed by atoms with Gasteiger partial charge in [-0.3, -0.25) is 9.59 Å². The molecule has 0 bridgehead atoms. The molecule has 17 heavy (non-hydrogen) atoms. The van der Waals surface area contributed by atoms with Gasteiger partial charge in [-0.2, -0.15) is 0 Å². The van der Waals surface area contributed by atoms with Crippen LogP contribution in [0, 0.1) is 0 Å². The number of carbonyl (C=O) groups excluding carboxylic acids is 2. The van der Waals surface area contributed by atoms with Crippen LogP contribution in [0.2, 0.25) is 0 Å². The first-order chi connectivity index (χ1) is 7.90. The zero-order chi connectivity index (χ0) is 13.4. The summed E-state index contributed by atoms with van der Waals surface area (Å²) in [4.78, 5) is 26.3. The van der Waals surface area contributed by atoms with Crippen molar-refractivity contribution in [1.82, 2.24) is 15.1 Å². The molecule has 0 heterocycles. The molecule has 0 aliphatic rings. The standard InChI is InChI=1S/C12H25N3O2/c1-6-15(5)12(17)10(2)13-9-7-8-11(16)14(3)4/h10,13H,6-9H2,1-5H3. The third kappa shape index (κ3) is 6.26. The average Bonchev–Trinajstić information content (AvgIpc) is 2.31. The topological polar surface area (TPSA) is 52.7 Å². The Morgan fingerprint density at radius 3 is 2.29 bits per heavy atom. The monoisotopic (exact) mass is 243 g/mol. The van der Waals surface area contributed by atoms with Gasteiger partial charge in [0, 0.05) is 34.1 Å². The number of carbonyl (C=O) groups is 2. The second-order valence-electron chi connectivity index (χ2n) is 4.42. The molecule has 0 radical (unpaired) electrons. The van der Waals surface area contributed by atoms with Crippen LogP contribution in [0.25, 0.3) is 0 Å². The molecule has 0 aliphatic heterocycles. The molecule has 5 nitrogen and oxygen atoms in total. The quantitative estimate of drug-likeness (QED) is 0.655. The largest absolute Gasteiger partial charge is 0.349 e. The molecule has 0 saturated carbocycles. The molecule has 1 unspecified atom stereocenters. The van der Waals surface area contributed by atoms with Crippen molar-refractivity contribution in [2.45, 2.75) is 32.7 Å². The summed E-state index contributed by atoms with van der Waals surface area (Å²) in [5.41, 5.74) is 0. The van der Waals surface area contributed by atoms with Gasteiger partial charge in [-0.05, 0) is 26.8 Å². The van der Waals surface area contributed by atoms with Crippen LogP contribution in [-0.2, 0) is 9.59 Å². The highest BCUT2D eigenvalue weighted by atomic mass is 16.2. The van der Waals surface area contributed by atoms with E-state index in [1.807, 2.05) is 13.8 Å². The van der Waals surface area contributed by atoms with Gasteiger partial charge in [0.15, 0.2) is 0 Å². The zero-order valence-electron chi connectivity index (χ0n) is 11.6. The van der Waals surface area contributed by atoms with Crippen LogP contribution < -0.4 is 5.32 Å². The van der Waals surface area contributed by atoms with Crippen LogP contribution in [0.5, 0.6) is 0 Å². The number of hydrogen-bond donors (Lipinski definition) is 1. The van der Waals surface area contributed by atoms with Crippen LogP contribution in [0.4, 0.5) is 0 Å². The molecule has 0 aromatic carbocycles. The average molecular weight is 243 g/mol. The molecule has 0 aromatic rings. The Kier molecular flexibility index (Phi) is 7.54. The summed E-state index contributed by atoms with van der Waals surface area (Å²) in [6.07, 6.45) is 1.27. The number of amides is 2. The third-order valence-corrected chi connectivity index (χ3v) is 2.74. The van der Waals surface area contributed by atoms with Crippen LogP contribution in [-0.4, -0.2) is 61.9 Å². The van der Waals surface area contributed by atoms with Crippen LogP contribution in [0.15, 0.2) is 0 Å². The second kappa shape index (κ2) is 8.06. The van der Waals surface area contributed by atoms with Crippen molar-refractivity contribution in [3.63, 3.8) is 0 Å². The lowest BCUT2D eigenvalue weighted by atomic mass is 10.2. The molecule has 0 rings (SSSR count). The fraction of sp³-hybridized carbons (Fsp3) is 0.833. The van der Waals surface area contributed by atoms with Gasteiger partial charge in [0.2, 0.25) is 11.8 Å². The first kappa shape index (κ1) is 15.9. The van der Waals surface area contributed by atoms with Crippen molar-refractivity contribution >= 4 is 11.8 Å². The number of nitrogens with zero attached hydrogens (tertiary/aromatic N) is 2. The van der Waals surface area contributed by atoms with E-state index in [9.17, 15) is 9.59 Å². The predicted octanol–water partition coefficient (Wildman–Crippen LogP) is 0.311.